The summed E-state index contributed by atoms with van der Waals surface area (Å²) < 4.78 is 0. The van der Waals surface area contributed by atoms with Crippen LogP contribution in [0.15, 0.2) is 23.6 Å². The second kappa shape index (κ2) is 12.9. The Bertz CT molecular complexity index is 1090. The number of rotatable bonds is 9. The Morgan fingerprint density at radius 3 is 2.74 bits per heavy atom. The van der Waals surface area contributed by atoms with E-state index in [-0.39, 0.29) is 35.7 Å². The van der Waals surface area contributed by atoms with Crippen LogP contribution in [-0.2, 0) is 20.8 Å². The molecular weight excluding hydrogens is 513 g/mol. The van der Waals surface area contributed by atoms with Crippen molar-refractivity contribution in [3.63, 3.8) is 0 Å². The number of halogens is 2. The van der Waals surface area contributed by atoms with Crippen LogP contribution in [0.4, 0.5) is 5.13 Å². The van der Waals surface area contributed by atoms with E-state index in [1.807, 2.05) is 6.92 Å². The van der Waals surface area contributed by atoms with Gasteiger partial charge in [-0.05, 0) is 43.9 Å². The molecule has 2 aromatic rings. The molecule has 2 heterocycles. The summed E-state index contributed by atoms with van der Waals surface area (Å²) >= 11 is 13.1. The molecule has 1 aromatic carbocycles. The lowest BCUT2D eigenvalue weighted by atomic mass is 10.1. The van der Waals surface area contributed by atoms with Gasteiger partial charge in [-0.1, -0.05) is 30.1 Å². The van der Waals surface area contributed by atoms with Crippen LogP contribution in [0.25, 0.3) is 0 Å². The molecular formula is C23H27Cl2N5O4S. The molecule has 4 amide bonds. The molecule has 1 saturated heterocycles. The van der Waals surface area contributed by atoms with Gasteiger partial charge in [-0.3, -0.25) is 19.2 Å². The van der Waals surface area contributed by atoms with Crippen molar-refractivity contribution in [2.75, 3.05) is 25.0 Å². The van der Waals surface area contributed by atoms with Crippen molar-refractivity contribution in [2.45, 2.75) is 45.1 Å². The zero-order chi connectivity index (χ0) is 25.4. The van der Waals surface area contributed by atoms with Crippen molar-refractivity contribution in [3.8, 4) is 0 Å². The predicted octanol–water partition coefficient (Wildman–Crippen LogP) is 3.27. The van der Waals surface area contributed by atoms with Crippen molar-refractivity contribution in [1.29, 1.82) is 0 Å². The maximum atomic E-state index is 12.9. The highest BCUT2D eigenvalue weighted by atomic mass is 35.5. The third-order valence-electron chi connectivity index (χ3n) is 5.29. The second-order valence-electron chi connectivity index (χ2n) is 8.13. The molecule has 188 valence electrons. The lowest BCUT2D eigenvalue weighted by Crippen LogP contribution is -2.46. The lowest BCUT2D eigenvalue weighted by molar-refractivity contribution is -0.128. The Morgan fingerprint density at radius 2 is 2.00 bits per heavy atom. The van der Waals surface area contributed by atoms with Crippen molar-refractivity contribution in [2.24, 2.45) is 0 Å². The third kappa shape index (κ3) is 7.91. The summed E-state index contributed by atoms with van der Waals surface area (Å²) in [7, 11) is 0. The lowest BCUT2D eigenvalue weighted by Gasteiger charge is -2.21. The van der Waals surface area contributed by atoms with Crippen molar-refractivity contribution < 1.29 is 19.2 Å². The highest BCUT2D eigenvalue weighted by Gasteiger charge is 2.23. The molecule has 0 saturated carbocycles. The summed E-state index contributed by atoms with van der Waals surface area (Å²) in [5, 5.41) is 10.8. The van der Waals surface area contributed by atoms with Crippen molar-refractivity contribution in [3.05, 3.63) is 44.9 Å². The van der Waals surface area contributed by atoms with Crippen molar-refractivity contribution >= 4 is 63.3 Å². The summed E-state index contributed by atoms with van der Waals surface area (Å²) in [4.78, 5) is 55.6. The summed E-state index contributed by atoms with van der Waals surface area (Å²) in [6, 6.07) is 4.04. The van der Waals surface area contributed by atoms with Gasteiger partial charge >= 0.3 is 0 Å². The van der Waals surface area contributed by atoms with Crippen molar-refractivity contribution in [1.82, 2.24) is 20.5 Å². The fourth-order valence-corrected chi connectivity index (χ4v) is 4.62. The first-order valence-electron chi connectivity index (χ1n) is 11.3. The summed E-state index contributed by atoms with van der Waals surface area (Å²) in [5.41, 5.74) is 0.819. The number of nitrogens with zero attached hydrogens (tertiary/aromatic N) is 2. The molecule has 9 nitrogen and oxygen atoms in total. The van der Waals surface area contributed by atoms with E-state index in [2.05, 4.69) is 20.9 Å². The van der Waals surface area contributed by atoms with Gasteiger partial charge < -0.3 is 20.9 Å². The van der Waals surface area contributed by atoms with Gasteiger partial charge in [-0.2, -0.15) is 0 Å². The summed E-state index contributed by atoms with van der Waals surface area (Å²) in [6.07, 6.45) is 3.01. The Labute approximate surface area is 217 Å². The average Bonchev–Trinajstić information content (AvgIpc) is 3.14. The quantitative estimate of drug-likeness (QED) is 0.451. The van der Waals surface area contributed by atoms with Crippen LogP contribution in [0.5, 0.6) is 0 Å². The Morgan fingerprint density at radius 1 is 1.20 bits per heavy atom. The number of hydrogen-bond donors (Lipinski definition) is 3. The summed E-state index contributed by atoms with van der Waals surface area (Å²) in [5.74, 6) is -1.22. The molecule has 1 atom stereocenters. The molecule has 0 radical (unpaired) electrons. The first kappa shape index (κ1) is 26.9. The predicted molar refractivity (Wildman–Crippen MR) is 136 cm³/mol. The molecule has 1 aliphatic rings. The topological polar surface area (TPSA) is 120 Å². The van der Waals surface area contributed by atoms with Gasteiger partial charge in [-0.15, -0.1) is 11.3 Å². The van der Waals surface area contributed by atoms with Gasteiger partial charge in [0.15, 0.2) is 5.13 Å². The van der Waals surface area contributed by atoms with E-state index in [0.717, 1.165) is 12.8 Å². The number of nitrogens with one attached hydrogen (secondary N) is 3. The zero-order valence-corrected chi connectivity index (χ0v) is 21.6. The molecule has 12 heteroatoms. The first-order valence-corrected chi connectivity index (χ1v) is 13.0. The van der Waals surface area contributed by atoms with E-state index in [9.17, 15) is 19.2 Å². The minimum absolute atomic E-state index is 0.00603. The van der Waals surface area contributed by atoms with Gasteiger partial charge in [0.1, 0.15) is 12.6 Å². The first-order chi connectivity index (χ1) is 16.8. The molecule has 1 unspecified atom stereocenters. The normalized spacial score (nSPS) is 15.6. The zero-order valence-electron chi connectivity index (χ0n) is 19.2. The number of hydrogen-bond acceptors (Lipinski definition) is 6. The van der Waals surface area contributed by atoms with E-state index in [1.165, 1.54) is 28.4 Å². The third-order valence-corrected chi connectivity index (χ3v) is 6.84. The van der Waals surface area contributed by atoms with Crippen LogP contribution in [0.2, 0.25) is 10.0 Å². The molecule has 0 spiro atoms. The Hall–Kier alpha value is -2.69. The maximum Gasteiger partial charge on any atom is 0.254 e. The molecule has 1 aromatic heterocycles. The maximum absolute atomic E-state index is 12.9. The van der Waals surface area contributed by atoms with E-state index in [0.29, 0.717) is 47.3 Å². The molecule has 3 rings (SSSR count). The molecule has 3 N–H and O–H groups in total. The molecule has 1 aliphatic heterocycles. The fraction of sp³-hybridized carbons (Fsp3) is 0.435. The number of carbonyl (C=O) groups is 4. The monoisotopic (exact) mass is 539 g/mol. The molecule has 0 aliphatic carbocycles. The number of amides is 4. The fourth-order valence-electron chi connectivity index (χ4n) is 3.60. The van der Waals surface area contributed by atoms with Crippen LogP contribution >= 0.6 is 34.5 Å². The minimum Gasteiger partial charge on any atom is -0.354 e. The Balaban J connectivity index is 1.55. The number of aromatic nitrogens is 1. The number of thiazole rings is 1. The van der Waals surface area contributed by atoms with Gasteiger partial charge in [0.25, 0.3) is 5.91 Å². The van der Waals surface area contributed by atoms with E-state index in [4.69, 9.17) is 23.2 Å². The van der Waals surface area contributed by atoms with Crippen LogP contribution in [0.3, 0.4) is 0 Å². The average molecular weight is 540 g/mol. The smallest absolute Gasteiger partial charge is 0.254 e. The van der Waals surface area contributed by atoms with Gasteiger partial charge in [-0.25, -0.2) is 4.98 Å². The van der Waals surface area contributed by atoms with E-state index >= 15 is 0 Å². The summed E-state index contributed by atoms with van der Waals surface area (Å²) in [6.45, 7) is 2.74. The standard InChI is InChI=1S/C23H27Cl2N5O4S/c1-2-9-30(22(34)14-6-7-16(24)17(25)10-14)12-20(32)29-23-27-15(13-35-23)11-19(31)28-18-5-3-4-8-26-21(18)33/h6-7,10,13,18H,2-5,8-9,11-12H2,1H3,(H,26,33)(H,28,31)(H,27,29,32). The number of anilines is 1. The van der Waals surface area contributed by atoms with Crippen LogP contribution in [-0.4, -0.2) is 59.2 Å². The number of carbonyl (C=O) groups excluding carboxylic acids is 4. The second-order valence-corrected chi connectivity index (χ2v) is 9.80. The van der Waals surface area contributed by atoms with E-state index in [1.54, 1.807) is 11.4 Å². The number of benzene rings is 1. The highest BCUT2D eigenvalue weighted by Crippen LogP contribution is 2.23. The SMILES string of the molecule is CCCN(CC(=O)Nc1nc(CC(=O)NC2CCCCNC2=O)cs1)C(=O)c1ccc(Cl)c(Cl)c1. The van der Waals surface area contributed by atoms with Crippen LogP contribution in [0, 0.1) is 0 Å². The molecule has 0 bridgehead atoms. The van der Waals surface area contributed by atoms with Crippen LogP contribution in [0.1, 0.15) is 48.7 Å². The van der Waals surface area contributed by atoms with E-state index < -0.39 is 11.9 Å². The van der Waals surface area contributed by atoms with Gasteiger partial charge in [0.2, 0.25) is 17.7 Å². The Kier molecular flexibility index (Phi) is 9.88. The molecule has 1 fully saturated rings. The molecule has 35 heavy (non-hydrogen) atoms. The van der Waals surface area contributed by atoms with Gasteiger partial charge in [0.05, 0.1) is 22.2 Å². The largest absolute Gasteiger partial charge is 0.354 e. The van der Waals surface area contributed by atoms with Gasteiger partial charge in [0, 0.05) is 24.0 Å². The van der Waals surface area contributed by atoms with Crippen LogP contribution < -0.4 is 16.0 Å². The highest BCUT2D eigenvalue weighted by molar-refractivity contribution is 7.13. The minimum atomic E-state index is -0.541.